The van der Waals surface area contributed by atoms with Crippen LogP contribution in [0.5, 0.6) is 0 Å². The average molecular weight is 241 g/mol. The van der Waals surface area contributed by atoms with Crippen LogP contribution < -0.4 is 0 Å². The number of carbonyl (C=O) groups is 2. The number of nitrogens with zero attached hydrogens (tertiary/aromatic N) is 1. The minimum absolute atomic E-state index is 0.181. The van der Waals surface area contributed by atoms with Crippen molar-refractivity contribution in [3.63, 3.8) is 0 Å². The summed E-state index contributed by atoms with van der Waals surface area (Å²) in [6.07, 6.45) is 0. The molecular formula is C14H11NO3. The minimum atomic E-state index is -0.260. The van der Waals surface area contributed by atoms with Gasteiger partial charge in [0, 0.05) is 0 Å². The van der Waals surface area contributed by atoms with Crippen LogP contribution in [0, 0.1) is 6.92 Å². The molecule has 1 aromatic carbocycles. The molecule has 4 heteroatoms. The van der Waals surface area contributed by atoms with Gasteiger partial charge in [-0.2, -0.15) is 0 Å². The van der Waals surface area contributed by atoms with E-state index in [1.807, 2.05) is 13.0 Å². The van der Waals surface area contributed by atoms with Gasteiger partial charge < -0.3 is 4.42 Å². The van der Waals surface area contributed by atoms with Crippen molar-refractivity contribution in [1.82, 2.24) is 4.90 Å². The third-order valence-corrected chi connectivity index (χ3v) is 2.99. The van der Waals surface area contributed by atoms with Crippen molar-refractivity contribution in [3.05, 3.63) is 59.0 Å². The maximum atomic E-state index is 12.1. The standard InChI is InChI=1S/C14H11NO3/c1-9-6-7-10(18-9)8-15-13(16)11-4-2-3-5-12(11)14(15)17/h2-7H,8H2,1H3. The Labute approximate surface area is 104 Å². The molecule has 0 bridgehead atoms. The van der Waals surface area contributed by atoms with Gasteiger partial charge in [0.05, 0.1) is 17.7 Å². The Balaban J connectivity index is 1.92. The normalized spacial score (nSPS) is 14.2. The highest BCUT2D eigenvalue weighted by molar-refractivity contribution is 6.21. The van der Waals surface area contributed by atoms with E-state index >= 15 is 0 Å². The average Bonchev–Trinajstić information content (AvgIpc) is 2.88. The second-order valence-electron chi connectivity index (χ2n) is 4.25. The molecule has 3 rings (SSSR count). The Kier molecular flexibility index (Phi) is 2.30. The van der Waals surface area contributed by atoms with E-state index in [-0.39, 0.29) is 18.4 Å². The first-order chi connectivity index (χ1) is 8.66. The number of imide groups is 1. The third kappa shape index (κ3) is 1.54. The van der Waals surface area contributed by atoms with Crippen LogP contribution in [0.2, 0.25) is 0 Å². The van der Waals surface area contributed by atoms with Crippen LogP contribution in [0.15, 0.2) is 40.8 Å². The Morgan fingerprint density at radius 3 is 2.11 bits per heavy atom. The fourth-order valence-electron chi connectivity index (χ4n) is 2.11. The first-order valence-corrected chi connectivity index (χ1v) is 5.67. The molecule has 0 radical (unpaired) electrons. The SMILES string of the molecule is Cc1ccc(CN2C(=O)c3ccccc3C2=O)o1. The van der Waals surface area contributed by atoms with Crippen LogP contribution in [0.3, 0.4) is 0 Å². The number of benzene rings is 1. The Hall–Kier alpha value is -2.36. The molecule has 0 N–H and O–H groups in total. The van der Waals surface area contributed by atoms with Gasteiger partial charge in [-0.15, -0.1) is 0 Å². The number of rotatable bonds is 2. The Morgan fingerprint density at radius 1 is 1.00 bits per heavy atom. The maximum absolute atomic E-state index is 12.1. The number of furan rings is 1. The zero-order chi connectivity index (χ0) is 12.7. The first kappa shape index (κ1) is 10.8. The first-order valence-electron chi connectivity index (χ1n) is 5.67. The fraction of sp³-hybridized carbons (Fsp3) is 0.143. The van der Waals surface area contributed by atoms with Crippen molar-refractivity contribution in [2.45, 2.75) is 13.5 Å². The van der Waals surface area contributed by atoms with Crippen molar-refractivity contribution in [2.24, 2.45) is 0 Å². The summed E-state index contributed by atoms with van der Waals surface area (Å²) in [7, 11) is 0. The monoisotopic (exact) mass is 241 g/mol. The largest absolute Gasteiger partial charge is 0.464 e. The molecule has 0 saturated heterocycles. The van der Waals surface area contributed by atoms with Gasteiger partial charge >= 0.3 is 0 Å². The van der Waals surface area contributed by atoms with E-state index in [0.29, 0.717) is 16.9 Å². The molecule has 18 heavy (non-hydrogen) atoms. The smallest absolute Gasteiger partial charge is 0.261 e. The van der Waals surface area contributed by atoms with Gasteiger partial charge in [-0.1, -0.05) is 12.1 Å². The fourth-order valence-corrected chi connectivity index (χ4v) is 2.11. The molecule has 0 fully saturated rings. The molecule has 1 aliphatic heterocycles. The highest BCUT2D eigenvalue weighted by atomic mass is 16.3. The topological polar surface area (TPSA) is 50.5 Å². The van der Waals surface area contributed by atoms with Crippen LogP contribution in [0.4, 0.5) is 0 Å². The predicted octanol–water partition coefficient (Wildman–Crippen LogP) is 2.38. The summed E-state index contributed by atoms with van der Waals surface area (Å²) in [4.78, 5) is 25.4. The Morgan fingerprint density at radius 2 is 1.61 bits per heavy atom. The van der Waals surface area contributed by atoms with Crippen LogP contribution in [0.1, 0.15) is 32.2 Å². The summed E-state index contributed by atoms with van der Waals surface area (Å²) in [6, 6.07) is 10.4. The number of amides is 2. The number of hydrogen-bond donors (Lipinski definition) is 0. The van der Waals surface area contributed by atoms with Crippen LogP contribution >= 0.6 is 0 Å². The summed E-state index contributed by atoms with van der Waals surface area (Å²) >= 11 is 0. The van der Waals surface area contributed by atoms with Gasteiger partial charge in [-0.3, -0.25) is 14.5 Å². The van der Waals surface area contributed by atoms with Gasteiger partial charge in [0.15, 0.2) is 0 Å². The second kappa shape index (κ2) is 3.84. The molecule has 0 unspecified atom stereocenters. The van der Waals surface area contributed by atoms with Gasteiger partial charge in [0.1, 0.15) is 11.5 Å². The zero-order valence-corrected chi connectivity index (χ0v) is 9.84. The summed E-state index contributed by atoms with van der Waals surface area (Å²) in [5.74, 6) is 0.859. The number of hydrogen-bond acceptors (Lipinski definition) is 3. The molecule has 0 spiro atoms. The molecule has 4 nitrogen and oxygen atoms in total. The van der Waals surface area contributed by atoms with Crippen LogP contribution in [-0.2, 0) is 6.54 Å². The Bertz CT molecular complexity index is 607. The summed E-state index contributed by atoms with van der Waals surface area (Å²) < 4.78 is 5.39. The molecule has 2 amide bonds. The molecule has 0 atom stereocenters. The maximum Gasteiger partial charge on any atom is 0.261 e. The molecular weight excluding hydrogens is 230 g/mol. The van der Waals surface area contributed by atoms with Crippen molar-refractivity contribution in [3.8, 4) is 0 Å². The number of fused-ring (bicyclic) bond motifs is 1. The molecule has 0 aliphatic carbocycles. The molecule has 1 aromatic heterocycles. The summed E-state index contributed by atoms with van der Waals surface area (Å²) in [5.41, 5.74) is 0.927. The lowest BCUT2D eigenvalue weighted by Gasteiger charge is -2.11. The second-order valence-corrected chi connectivity index (χ2v) is 4.25. The van der Waals surface area contributed by atoms with Gasteiger partial charge in [-0.05, 0) is 31.2 Å². The lowest BCUT2D eigenvalue weighted by molar-refractivity contribution is 0.0631. The third-order valence-electron chi connectivity index (χ3n) is 2.99. The van der Waals surface area contributed by atoms with E-state index in [1.165, 1.54) is 4.90 Å². The molecule has 90 valence electrons. The highest BCUT2D eigenvalue weighted by Gasteiger charge is 2.35. The molecule has 2 aromatic rings. The summed E-state index contributed by atoms with van der Waals surface area (Å²) in [6.45, 7) is 2.01. The lowest BCUT2D eigenvalue weighted by atomic mass is 10.1. The quantitative estimate of drug-likeness (QED) is 0.758. The van der Waals surface area contributed by atoms with E-state index in [0.717, 1.165) is 5.76 Å². The zero-order valence-electron chi connectivity index (χ0n) is 9.84. The van der Waals surface area contributed by atoms with E-state index in [2.05, 4.69) is 0 Å². The van der Waals surface area contributed by atoms with Crippen LogP contribution in [0.25, 0.3) is 0 Å². The number of carbonyl (C=O) groups excluding carboxylic acids is 2. The van der Waals surface area contributed by atoms with Crippen molar-refractivity contribution in [1.29, 1.82) is 0 Å². The van der Waals surface area contributed by atoms with E-state index in [4.69, 9.17) is 4.42 Å². The molecule has 0 saturated carbocycles. The molecule has 1 aliphatic rings. The van der Waals surface area contributed by atoms with Gasteiger partial charge in [-0.25, -0.2) is 0 Å². The molecule has 2 heterocycles. The predicted molar refractivity (Wildman–Crippen MR) is 64.1 cm³/mol. The van der Waals surface area contributed by atoms with E-state index < -0.39 is 0 Å². The van der Waals surface area contributed by atoms with Crippen molar-refractivity contribution < 1.29 is 14.0 Å². The minimum Gasteiger partial charge on any atom is -0.464 e. The van der Waals surface area contributed by atoms with E-state index in [1.54, 1.807) is 30.3 Å². The van der Waals surface area contributed by atoms with Crippen molar-refractivity contribution >= 4 is 11.8 Å². The van der Waals surface area contributed by atoms with Crippen LogP contribution in [-0.4, -0.2) is 16.7 Å². The lowest BCUT2D eigenvalue weighted by Crippen LogP contribution is -2.28. The summed E-state index contributed by atoms with van der Waals surface area (Å²) in [5, 5.41) is 0. The van der Waals surface area contributed by atoms with E-state index in [9.17, 15) is 9.59 Å². The number of aryl methyl sites for hydroxylation is 1. The van der Waals surface area contributed by atoms with Gasteiger partial charge in [0.25, 0.3) is 11.8 Å². The van der Waals surface area contributed by atoms with Crippen molar-refractivity contribution in [2.75, 3.05) is 0 Å². The van der Waals surface area contributed by atoms with Gasteiger partial charge in [0.2, 0.25) is 0 Å². The highest BCUT2D eigenvalue weighted by Crippen LogP contribution is 2.24.